The largest absolute Gasteiger partial charge is 0.494 e. The average molecular weight is 307 g/mol. The Morgan fingerprint density at radius 2 is 1.76 bits per heavy atom. The van der Waals surface area contributed by atoms with Crippen LogP contribution < -0.4 is 0 Å². The van der Waals surface area contributed by atoms with Crippen LogP contribution in [-0.2, 0) is 14.8 Å². The van der Waals surface area contributed by atoms with E-state index in [1.165, 1.54) is 0 Å². The zero-order chi connectivity index (χ0) is 15.0. The first-order valence-electron chi connectivity index (χ1n) is 7.43. The number of allylic oxidation sites excluding steroid dienone is 1. The molecule has 21 heavy (non-hydrogen) atoms. The van der Waals surface area contributed by atoms with Crippen molar-refractivity contribution in [2.24, 2.45) is 0 Å². The van der Waals surface area contributed by atoms with Crippen LogP contribution in [0.5, 0.6) is 0 Å². The second kappa shape index (κ2) is 5.37. The van der Waals surface area contributed by atoms with Crippen molar-refractivity contribution in [3.63, 3.8) is 0 Å². The van der Waals surface area contributed by atoms with Gasteiger partial charge >= 0.3 is 0 Å². The standard InChI is InChI=1S/C16H21NO3S/c1-12-7-9-14(10-8-12)21(18,19)17-13(2)11-20-16-6-4-3-5-15(16)17/h7-11,15-16H,3-6H2,1-2H3. The van der Waals surface area contributed by atoms with Crippen molar-refractivity contribution < 1.29 is 13.2 Å². The maximum Gasteiger partial charge on any atom is 0.264 e. The first-order valence-corrected chi connectivity index (χ1v) is 8.87. The van der Waals surface area contributed by atoms with Crippen LogP contribution >= 0.6 is 0 Å². The Hall–Kier alpha value is -1.49. The lowest BCUT2D eigenvalue weighted by molar-refractivity contribution is 0.0253. The number of sulfonamides is 1. The molecule has 1 aromatic carbocycles. The zero-order valence-corrected chi connectivity index (χ0v) is 13.3. The van der Waals surface area contributed by atoms with Crippen molar-refractivity contribution in [1.82, 2.24) is 4.31 Å². The molecular formula is C16H21NO3S. The van der Waals surface area contributed by atoms with Crippen molar-refractivity contribution in [2.75, 3.05) is 0 Å². The van der Waals surface area contributed by atoms with E-state index < -0.39 is 10.0 Å². The molecule has 5 heteroatoms. The van der Waals surface area contributed by atoms with Crippen LogP contribution in [0.25, 0.3) is 0 Å². The molecule has 2 unspecified atom stereocenters. The Labute approximate surface area is 126 Å². The third kappa shape index (κ3) is 2.55. The molecule has 2 aliphatic rings. The molecule has 0 saturated heterocycles. The Balaban J connectivity index is 2.01. The van der Waals surface area contributed by atoms with Crippen LogP contribution in [-0.4, -0.2) is 24.9 Å². The molecule has 114 valence electrons. The van der Waals surface area contributed by atoms with Gasteiger partial charge in [-0.1, -0.05) is 24.1 Å². The van der Waals surface area contributed by atoms with Crippen molar-refractivity contribution in [2.45, 2.75) is 56.6 Å². The average Bonchev–Trinajstić information content (AvgIpc) is 2.47. The summed E-state index contributed by atoms with van der Waals surface area (Å²) in [5.41, 5.74) is 1.72. The van der Waals surface area contributed by atoms with E-state index in [2.05, 4.69) is 0 Å². The van der Waals surface area contributed by atoms with Crippen LogP contribution in [0.4, 0.5) is 0 Å². The lowest BCUT2D eigenvalue weighted by Gasteiger charge is -2.43. The maximum atomic E-state index is 13.0. The lowest BCUT2D eigenvalue weighted by atomic mass is 9.91. The van der Waals surface area contributed by atoms with Gasteiger partial charge in [-0.15, -0.1) is 0 Å². The summed E-state index contributed by atoms with van der Waals surface area (Å²) in [7, 11) is -3.51. The number of hydrogen-bond acceptors (Lipinski definition) is 3. The van der Waals surface area contributed by atoms with Gasteiger partial charge in [-0.3, -0.25) is 4.31 Å². The third-order valence-corrected chi connectivity index (χ3v) is 6.25. The summed E-state index contributed by atoms with van der Waals surface area (Å²) in [4.78, 5) is 0.354. The Morgan fingerprint density at radius 3 is 2.48 bits per heavy atom. The fourth-order valence-electron chi connectivity index (χ4n) is 3.20. The molecule has 4 nitrogen and oxygen atoms in total. The van der Waals surface area contributed by atoms with Crippen molar-refractivity contribution in [1.29, 1.82) is 0 Å². The molecule has 1 aliphatic carbocycles. The lowest BCUT2D eigenvalue weighted by Crippen LogP contribution is -2.50. The summed E-state index contributed by atoms with van der Waals surface area (Å²) < 4.78 is 33.3. The molecule has 2 atom stereocenters. The van der Waals surface area contributed by atoms with Gasteiger partial charge in [0, 0.05) is 0 Å². The molecule has 1 aliphatic heterocycles. The number of aryl methyl sites for hydroxylation is 1. The van der Waals surface area contributed by atoms with Crippen molar-refractivity contribution in [3.05, 3.63) is 41.8 Å². The summed E-state index contributed by atoms with van der Waals surface area (Å²) in [6.07, 6.45) is 5.53. The summed E-state index contributed by atoms with van der Waals surface area (Å²) >= 11 is 0. The van der Waals surface area contributed by atoms with E-state index in [4.69, 9.17) is 4.74 Å². The smallest absolute Gasteiger partial charge is 0.264 e. The van der Waals surface area contributed by atoms with E-state index in [9.17, 15) is 8.42 Å². The molecular weight excluding hydrogens is 286 g/mol. The minimum atomic E-state index is -3.51. The molecule has 0 spiro atoms. The van der Waals surface area contributed by atoms with Gasteiger partial charge in [0.2, 0.25) is 0 Å². The number of nitrogens with zero attached hydrogens (tertiary/aromatic N) is 1. The van der Waals surface area contributed by atoms with Gasteiger partial charge in [0.05, 0.1) is 16.6 Å². The fraction of sp³-hybridized carbons (Fsp3) is 0.500. The van der Waals surface area contributed by atoms with E-state index in [-0.39, 0.29) is 12.1 Å². The molecule has 0 aromatic heterocycles. The molecule has 1 heterocycles. The second-order valence-corrected chi connectivity index (χ2v) is 7.71. The van der Waals surface area contributed by atoms with E-state index in [0.29, 0.717) is 10.6 Å². The number of benzene rings is 1. The fourth-order valence-corrected chi connectivity index (χ4v) is 4.92. The number of ether oxygens (including phenoxy) is 1. The second-order valence-electron chi connectivity index (χ2n) is 5.90. The molecule has 1 aromatic rings. The maximum absolute atomic E-state index is 13.0. The van der Waals surface area contributed by atoms with Crippen LogP contribution in [0.15, 0.2) is 41.1 Å². The summed E-state index contributed by atoms with van der Waals surface area (Å²) in [6, 6.07) is 6.97. The SMILES string of the molecule is CC1=COC2CCCCC2N1S(=O)(=O)c1ccc(C)cc1. The van der Waals surface area contributed by atoms with Gasteiger partial charge < -0.3 is 4.74 Å². The third-order valence-electron chi connectivity index (χ3n) is 4.31. The summed E-state index contributed by atoms with van der Waals surface area (Å²) in [6.45, 7) is 3.75. The highest BCUT2D eigenvalue weighted by Crippen LogP contribution is 2.35. The van der Waals surface area contributed by atoms with Gasteiger partial charge in [-0.2, -0.15) is 0 Å². The highest BCUT2D eigenvalue weighted by Gasteiger charge is 2.41. The van der Waals surface area contributed by atoms with Crippen LogP contribution in [0.3, 0.4) is 0 Å². The van der Waals surface area contributed by atoms with E-state index in [1.54, 1.807) is 29.6 Å². The predicted octanol–water partition coefficient (Wildman–Crippen LogP) is 3.19. The van der Waals surface area contributed by atoms with Crippen LogP contribution in [0, 0.1) is 6.92 Å². The molecule has 0 bridgehead atoms. The predicted molar refractivity (Wildman–Crippen MR) is 81.1 cm³/mol. The normalized spacial score (nSPS) is 25.8. The highest BCUT2D eigenvalue weighted by molar-refractivity contribution is 7.89. The van der Waals surface area contributed by atoms with Crippen molar-refractivity contribution >= 4 is 10.0 Å². The summed E-state index contributed by atoms with van der Waals surface area (Å²) in [5.74, 6) is 0. The Kier molecular flexibility index (Phi) is 3.69. The highest BCUT2D eigenvalue weighted by atomic mass is 32.2. The van der Waals surface area contributed by atoms with Crippen molar-refractivity contribution in [3.8, 4) is 0 Å². The summed E-state index contributed by atoms with van der Waals surface area (Å²) in [5, 5.41) is 0. The first-order chi connectivity index (χ1) is 10.00. The Morgan fingerprint density at radius 1 is 1.10 bits per heavy atom. The van der Waals surface area contributed by atoms with E-state index in [1.807, 2.05) is 19.1 Å². The molecule has 1 saturated carbocycles. The molecule has 1 fully saturated rings. The molecule has 0 amide bonds. The monoisotopic (exact) mass is 307 g/mol. The van der Waals surface area contributed by atoms with Crippen LogP contribution in [0.2, 0.25) is 0 Å². The molecule has 0 N–H and O–H groups in total. The minimum absolute atomic E-state index is 0.0114. The minimum Gasteiger partial charge on any atom is -0.494 e. The van der Waals surface area contributed by atoms with E-state index >= 15 is 0 Å². The molecule has 0 radical (unpaired) electrons. The Bertz CT molecular complexity index is 649. The number of rotatable bonds is 2. The van der Waals surface area contributed by atoms with Gasteiger partial charge in [0.1, 0.15) is 12.4 Å². The van der Waals surface area contributed by atoms with E-state index in [0.717, 1.165) is 31.2 Å². The number of fused-ring (bicyclic) bond motifs is 1. The molecule has 3 rings (SSSR count). The topological polar surface area (TPSA) is 46.6 Å². The van der Waals surface area contributed by atoms with Gasteiger partial charge in [-0.25, -0.2) is 8.42 Å². The zero-order valence-electron chi connectivity index (χ0n) is 12.5. The van der Waals surface area contributed by atoms with Gasteiger partial charge in [-0.05, 0) is 45.2 Å². The van der Waals surface area contributed by atoms with Gasteiger partial charge in [0.15, 0.2) is 0 Å². The first kappa shape index (κ1) is 14.4. The quantitative estimate of drug-likeness (QED) is 0.843. The number of hydrogen-bond donors (Lipinski definition) is 0. The van der Waals surface area contributed by atoms with Gasteiger partial charge in [0.25, 0.3) is 10.0 Å². The van der Waals surface area contributed by atoms with Crippen LogP contribution in [0.1, 0.15) is 38.2 Å².